The summed E-state index contributed by atoms with van der Waals surface area (Å²) in [5.74, 6) is -0.920. The van der Waals surface area contributed by atoms with Crippen LogP contribution in [0.2, 0.25) is 0 Å². The van der Waals surface area contributed by atoms with Gasteiger partial charge < -0.3 is 14.2 Å². The maximum Gasteiger partial charge on any atom is 0.306 e. The van der Waals surface area contributed by atoms with Gasteiger partial charge in [0.1, 0.15) is 13.2 Å². The van der Waals surface area contributed by atoms with Gasteiger partial charge in [-0.1, -0.05) is 235 Å². The van der Waals surface area contributed by atoms with Gasteiger partial charge in [-0.15, -0.1) is 0 Å². The van der Waals surface area contributed by atoms with E-state index in [2.05, 4.69) is 93.7 Å². The van der Waals surface area contributed by atoms with Crippen LogP contribution < -0.4 is 0 Å². The van der Waals surface area contributed by atoms with Gasteiger partial charge in [0.15, 0.2) is 6.10 Å². The van der Waals surface area contributed by atoms with Gasteiger partial charge in [0.25, 0.3) is 0 Å². The van der Waals surface area contributed by atoms with Gasteiger partial charge in [-0.3, -0.25) is 14.4 Å². The molecule has 1 atom stereocenters. The summed E-state index contributed by atoms with van der Waals surface area (Å²) in [5, 5.41) is 0. The van der Waals surface area contributed by atoms with E-state index in [1.807, 2.05) is 0 Å². The number of hydrogen-bond donors (Lipinski definition) is 0. The highest BCUT2D eigenvalue weighted by atomic mass is 16.6. The molecule has 0 amide bonds. The molecule has 0 heterocycles. The van der Waals surface area contributed by atoms with Gasteiger partial charge in [-0.2, -0.15) is 0 Å². The van der Waals surface area contributed by atoms with E-state index in [9.17, 15) is 14.4 Å². The third-order valence-corrected chi connectivity index (χ3v) is 12.2. The van der Waals surface area contributed by atoms with Crippen LogP contribution >= 0.6 is 0 Å². The van der Waals surface area contributed by atoms with E-state index in [0.717, 1.165) is 96.3 Å². The number of hydrogen-bond acceptors (Lipinski definition) is 6. The lowest BCUT2D eigenvalue weighted by molar-refractivity contribution is -0.167. The second-order valence-electron chi connectivity index (χ2n) is 18.8. The van der Waals surface area contributed by atoms with Crippen molar-refractivity contribution in [3.8, 4) is 0 Å². The van der Waals surface area contributed by atoms with Crippen molar-refractivity contribution < 1.29 is 28.6 Å². The van der Waals surface area contributed by atoms with Crippen molar-refractivity contribution in [2.75, 3.05) is 13.2 Å². The summed E-state index contributed by atoms with van der Waals surface area (Å²) in [6.07, 6.45) is 70.2. The number of rotatable bonds is 51. The lowest BCUT2D eigenvalue weighted by atomic mass is 10.0. The maximum absolute atomic E-state index is 12.8. The molecule has 0 aliphatic carbocycles. The molecule has 0 N–H and O–H groups in total. The third-order valence-electron chi connectivity index (χ3n) is 12.2. The third kappa shape index (κ3) is 53.7. The fourth-order valence-electron chi connectivity index (χ4n) is 7.87. The Bertz CT molecular complexity index is 1260. The summed E-state index contributed by atoms with van der Waals surface area (Å²) < 4.78 is 16.8. The summed E-state index contributed by atoms with van der Waals surface area (Å²) >= 11 is 0. The molecule has 0 aliphatic heterocycles. The van der Waals surface area contributed by atoms with Crippen molar-refractivity contribution in [2.45, 2.75) is 284 Å². The fraction of sp³-hybridized carbons (Fsp3) is 0.754. The number of unbranched alkanes of at least 4 members (excludes halogenated alkanes) is 28. The lowest BCUT2D eigenvalue weighted by Gasteiger charge is -2.18. The van der Waals surface area contributed by atoms with Crippen LogP contribution in [0.5, 0.6) is 0 Å². The molecule has 6 nitrogen and oxygen atoms in total. The minimum Gasteiger partial charge on any atom is -0.462 e. The normalized spacial score (nSPS) is 12.6. The Morgan fingerprint density at radius 1 is 0.299 bits per heavy atom. The Morgan fingerprint density at radius 2 is 0.537 bits per heavy atom. The fourth-order valence-corrected chi connectivity index (χ4v) is 7.87. The first-order valence-electron chi connectivity index (χ1n) is 28.4. The maximum atomic E-state index is 12.8. The van der Waals surface area contributed by atoms with Gasteiger partial charge in [0, 0.05) is 19.3 Å². The highest BCUT2D eigenvalue weighted by molar-refractivity contribution is 5.71. The predicted molar refractivity (Wildman–Crippen MR) is 288 cm³/mol. The van der Waals surface area contributed by atoms with E-state index in [0.29, 0.717) is 19.3 Å². The molecule has 0 spiro atoms. The van der Waals surface area contributed by atoms with Crippen LogP contribution in [-0.4, -0.2) is 37.2 Å². The van der Waals surface area contributed by atoms with E-state index in [1.165, 1.54) is 141 Å². The minimum absolute atomic E-state index is 0.0890. The molecule has 0 saturated heterocycles. The summed E-state index contributed by atoms with van der Waals surface area (Å²) in [4.78, 5) is 38.1. The van der Waals surface area contributed by atoms with Crippen LogP contribution in [0.4, 0.5) is 0 Å². The summed E-state index contributed by atoms with van der Waals surface area (Å²) in [6.45, 7) is 6.57. The molecule has 0 rings (SSSR count). The highest BCUT2D eigenvalue weighted by Crippen LogP contribution is 2.15. The number of ether oxygens (including phenoxy) is 3. The molecule has 0 unspecified atom stereocenters. The Balaban J connectivity index is 4.44. The zero-order chi connectivity index (χ0) is 48.6. The number of allylic oxidation sites excluding steroid dienone is 12. The molecule has 0 bridgehead atoms. The average molecular weight is 936 g/mol. The highest BCUT2D eigenvalue weighted by Gasteiger charge is 2.19. The van der Waals surface area contributed by atoms with E-state index < -0.39 is 6.10 Å². The quantitative estimate of drug-likeness (QED) is 0.0262. The van der Waals surface area contributed by atoms with Gasteiger partial charge in [-0.25, -0.2) is 0 Å². The Kier molecular flexibility index (Phi) is 52.8. The lowest BCUT2D eigenvalue weighted by Crippen LogP contribution is -2.30. The molecule has 6 heteroatoms. The number of carbonyl (C=O) groups excluding carboxylic acids is 3. The second-order valence-corrected chi connectivity index (χ2v) is 18.8. The topological polar surface area (TPSA) is 78.9 Å². The van der Waals surface area contributed by atoms with E-state index in [1.54, 1.807) is 0 Å². The van der Waals surface area contributed by atoms with Crippen molar-refractivity contribution in [2.24, 2.45) is 0 Å². The Labute approximate surface area is 414 Å². The van der Waals surface area contributed by atoms with Crippen LogP contribution in [-0.2, 0) is 28.6 Å². The monoisotopic (exact) mass is 935 g/mol. The predicted octanol–water partition coefficient (Wildman–Crippen LogP) is 19.0. The number of carbonyl (C=O) groups is 3. The molecule has 0 aliphatic rings. The Hall–Kier alpha value is -3.15. The molecule has 67 heavy (non-hydrogen) atoms. The average Bonchev–Trinajstić information content (AvgIpc) is 3.33. The SMILES string of the molecule is CCCCC/C=C\C/C=C\C/C=C\C/C=C\CCCCCC(=O)O[C@H](COC(=O)CCCCCCCCC/C=C\C/C=C\CCCCC)COC(=O)CCCCCCCCCCCCCCC. The second kappa shape index (κ2) is 55.4. The zero-order valence-corrected chi connectivity index (χ0v) is 44.2. The zero-order valence-electron chi connectivity index (χ0n) is 44.2. The van der Waals surface area contributed by atoms with Crippen molar-refractivity contribution >= 4 is 17.9 Å². The van der Waals surface area contributed by atoms with Crippen LogP contribution in [0, 0.1) is 0 Å². The molecule has 0 saturated carbocycles. The van der Waals surface area contributed by atoms with Crippen LogP contribution in [0.15, 0.2) is 72.9 Å². The van der Waals surface area contributed by atoms with Crippen LogP contribution in [0.3, 0.4) is 0 Å². The largest absolute Gasteiger partial charge is 0.462 e. The van der Waals surface area contributed by atoms with E-state index in [4.69, 9.17) is 14.2 Å². The molecular weight excluding hydrogens is 829 g/mol. The summed E-state index contributed by atoms with van der Waals surface area (Å²) in [5.41, 5.74) is 0. The van der Waals surface area contributed by atoms with Gasteiger partial charge in [-0.05, 0) is 96.3 Å². The first kappa shape index (κ1) is 63.8. The molecule has 0 aromatic carbocycles. The van der Waals surface area contributed by atoms with Crippen LogP contribution in [0.25, 0.3) is 0 Å². The molecule has 386 valence electrons. The Morgan fingerprint density at radius 3 is 0.881 bits per heavy atom. The van der Waals surface area contributed by atoms with Crippen molar-refractivity contribution in [1.82, 2.24) is 0 Å². The molecule has 0 radical (unpaired) electrons. The summed E-state index contributed by atoms with van der Waals surface area (Å²) in [6, 6.07) is 0. The molecule has 0 aromatic heterocycles. The van der Waals surface area contributed by atoms with Gasteiger partial charge in [0.05, 0.1) is 0 Å². The smallest absolute Gasteiger partial charge is 0.306 e. The molecular formula is C61H106O6. The van der Waals surface area contributed by atoms with Crippen molar-refractivity contribution in [3.63, 3.8) is 0 Å². The van der Waals surface area contributed by atoms with Gasteiger partial charge >= 0.3 is 17.9 Å². The summed E-state index contributed by atoms with van der Waals surface area (Å²) in [7, 11) is 0. The molecule has 0 fully saturated rings. The van der Waals surface area contributed by atoms with Crippen LogP contribution in [0.1, 0.15) is 278 Å². The van der Waals surface area contributed by atoms with Crippen molar-refractivity contribution in [1.29, 1.82) is 0 Å². The first-order chi connectivity index (χ1) is 33.0. The minimum atomic E-state index is -0.794. The van der Waals surface area contributed by atoms with E-state index in [-0.39, 0.29) is 31.1 Å². The van der Waals surface area contributed by atoms with Gasteiger partial charge in [0.2, 0.25) is 0 Å². The van der Waals surface area contributed by atoms with Crippen molar-refractivity contribution in [3.05, 3.63) is 72.9 Å². The first-order valence-corrected chi connectivity index (χ1v) is 28.4. The number of esters is 3. The molecule has 0 aromatic rings. The standard InChI is InChI=1S/C61H106O6/c1-4-7-10-13-16-19-22-25-27-29-30-32-34-37-40-43-46-49-52-55-61(64)67-58(56-65-59(62)53-50-47-44-41-38-35-24-21-18-15-12-9-6-3)57-66-60(63)54-51-48-45-42-39-36-33-31-28-26-23-20-17-14-11-8-5-2/h16-17,19-20,25-28,30,32,37,40,58H,4-15,18,21-24,29,31,33-36,38-39,41-57H2,1-3H3/b19-16-,20-17-,27-25-,28-26-,32-30-,40-37-/t58-/m0/s1. The van der Waals surface area contributed by atoms with E-state index >= 15 is 0 Å².